The Morgan fingerprint density at radius 2 is 1.61 bits per heavy atom. The highest BCUT2D eigenvalue weighted by molar-refractivity contribution is 6.30. The van der Waals surface area contributed by atoms with Crippen LogP contribution in [-0.4, -0.2) is 21.8 Å². The first-order chi connectivity index (χ1) is 13.4. The van der Waals surface area contributed by atoms with Crippen molar-refractivity contribution in [1.82, 2.24) is 9.97 Å². The molecule has 1 aromatic heterocycles. The molecule has 0 saturated heterocycles. The lowest BCUT2D eigenvalue weighted by molar-refractivity contribution is -0.114. The third-order valence-corrected chi connectivity index (χ3v) is 3.87. The van der Waals surface area contributed by atoms with Crippen LogP contribution in [0.2, 0.25) is 5.02 Å². The minimum atomic E-state index is -0.364. The zero-order valence-corrected chi connectivity index (χ0v) is 16.0. The maximum atomic E-state index is 12.5. The van der Waals surface area contributed by atoms with Gasteiger partial charge in [0.1, 0.15) is 5.69 Å². The van der Waals surface area contributed by atoms with Crippen LogP contribution in [0.4, 0.5) is 23.0 Å². The molecule has 8 heteroatoms. The highest BCUT2D eigenvalue weighted by atomic mass is 35.5. The van der Waals surface area contributed by atoms with E-state index in [2.05, 4.69) is 25.9 Å². The van der Waals surface area contributed by atoms with E-state index in [0.29, 0.717) is 28.0 Å². The highest BCUT2D eigenvalue weighted by Gasteiger charge is 2.11. The molecular weight excluding hydrogens is 378 g/mol. The standard InChI is InChI=1S/C20H18ClN5O2/c1-12-10-18(19(28)24-17-5-3-4-14(21)11-17)26-20(22-12)25-16-8-6-15(7-9-16)23-13(2)27/h3-11H,1-2H3,(H,23,27)(H,24,28)(H,22,25,26). The summed E-state index contributed by atoms with van der Waals surface area (Å²) < 4.78 is 0. The van der Waals surface area contributed by atoms with Gasteiger partial charge in [-0.3, -0.25) is 9.59 Å². The van der Waals surface area contributed by atoms with Crippen molar-refractivity contribution in [3.63, 3.8) is 0 Å². The van der Waals surface area contributed by atoms with Gasteiger partial charge in [-0.1, -0.05) is 17.7 Å². The molecule has 2 amide bonds. The number of carbonyl (C=O) groups is 2. The van der Waals surface area contributed by atoms with E-state index in [1.807, 2.05) is 0 Å². The number of aryl methyl sites for hydroxylation is 1. The van der Waals surface area contributed by atoms with Crippen molar-refractivity contribution in [3.8, 4) is 0 Å². The first-order valence-electron chi connectivity index (χ1n) is 8.46. The maximum Gasteiger partial charge on any atom is 0.274 e. The number of anilines is 4. The van der Waals surface area contributed by atoms with Gasteiger partial charge in [-0.15, -0.1) is 0 Å². The molecule has 1 heterocycles. The molecule has 0 radical (unpaired) electrons. The third kappa shape index (κ3) is 5.28. The van der Waals surface area contributed by atoms with Crippen LogP contribution in [0.3, 0.4) is 0 Å². The maximum absolute atomic E-state index is 12.5. The Kier molecular flexibility index (Phi) is 5.86. The summed E-state index contributed by atoms with van der Waals surface area (Å²) in [6.07, 6.45) is 0. The van der Waals surface area contributed by atoms with Crippen molar-refractivity contribution >= 4 is 46.4 Å². The average Bonchev–Trinajstić information content (AvgIpc) is 2.62. The molecule has 0 unspecified atom stereocenters. The van der Waals surface area contributed by atoms with E-state index >= 15 is 0 Å². The molecule has 7 nitrogen and oxygen atoms in total. The van der Waals surface area contributed by atoms with Crippen molar-refractivity contribution in [2.45, 2.75) is 13.8 Å². The third-order valence-electron chi connectivity index (χ3n) is 3.63. The largest absolute Gasteiger partial charge is 0.326 e. The number of halogens is 1. The summed E-state index contributed by atoms with van der Waals surface area (Å²) in [6.45, 7) is 3.23. The molecule has 0 saturated carbocycles. The Morgan fingerprint density at radius 1 is 0.893 bits per heavy atom. The molecule has 0 aliphatic heterocycles. The van der Waals surface area contributed by atoms with E-state index in [9.17, 15) is 9.59 Å². The fourth-order valence-corrected chi connectivity index (χ4v) is 2.66. The first kappa shape index (κ1) is 19.3. The molecule has 3 aromatic rings. The topological polar surface area (TPSA) is 96.0 Å². The second-order valence-electron chi connectivity index (χ2n) is 6.07. The predicted molar refractivity (Wildman–Crippen MR) is 110 cm³/mol. The van der Waals surface area contributed by atoms with Gasteiger partial charge in [0.25, 0.3) is 5.91 Å². The number of amides is 2. The highest BCUT2D eigenvalue weighted by Crippen LogP contribution is 2.19. The van der Waals surface area contributed by atoms with Gasteiger partial charge in [0, 0.05) is 34.7 Å². The predicted octanol–water partition coefficient (Wildman–Crippen LogP) is 4.39. The Hall–Kier alpha value is -3.45. The number of aromatic nitrogens is 2. The van der Waals surface area contributed by atoms with Crippen LogP contribution in [0.1, 0.15) is 23.1 Å². The Morgan fingerprint density at radius 3 is 2.29 bits per heavy atom. The second-order valence-corrected chi connectivity index (χ2v) is 6.50. The number of hydrogen-bond acceptors (Lipinski definition) is 5. The Balaban J connectivity index is 1.75. The van der Waals surface area contributed by atoms with E-state index in [1.54, 1.807) is 61.5 Å². The van der Waals surface area contributed by atoms with Gasteiger partial charge in [-0.2, -0.15) is 0 Å². The van der Waals surface area contributed by atoms with Crippen LogP contribution in [0.5, 0.6) is 0 Å². The molecule has 0 aliphatic rings. The van der Waals surface area contributed by atoms with Crippen LogP contribution in [0.15, 0.2) is 54.6 Å². The van der Waals surface area contributed by atoms with Gasteiger partial charge in [0.2, 0.25) is 11.9 Å². The molecule has 3 N–H and O–H groups in total. The summed E-state index contributed by atoms with van der Waals surface area (Å²) in [4.78, 5) is 32.2. The summed E-state index contributed by atoms with van der Waals surface area (Å²) in [5.41, 5.74) is 2.86. The number of rotatable bonds is 5. The minimum Gasteiger partial charge on any atom is -0.326 e. The number of benzene rings is 2. The van der Waals surface area contributed by atoms with Gasteiger partial charge >= 0.3 is 0 Å². The second kappa shape index (κ2) is 8.49. The van der Waals surface area contributed by atoms with Crippen molar-refractivity contribution in [2.24, 2.45) is 0 Å². The molecule has 0 aliphatic carbocycles. The van der Waals surface area contributed by atoms with E-state index in [-0.39, 0.29) is 17.5 Å². The van der Waals surface area contributed by atoms with Crippen LogP contribution < -0.4 is 16.0 Å². The van der Waals surface area contributed by atoms with Crippen LogP contribution in [0.25, 0.3) is 0 Å². The van der Waals surface area contributed by atoms with E-state index in [1.165, 1.54) is 6.92 Å². The summed E-state index contributed by atoms with van der Waals surface area (Å²) >= 11 is 5.94. The van der Waals surface area contributed by atoms with Gasteiger partial charge in [0.05, 0.1) is 0 Å². The van der Waals surface area contributed by atoms with Crippen molar-refractivity contribution < 1.29 is 9.59 Å². The number of hydrogen-bond donors (Lipinski definition) is 3. The molecule has 0 atom stereocenters. The lowest BCUT2D eigenvalue weighted by Gasteiger charge is -2.10. The Bertz CT molecular complexity index is 1020. The van der Waals surface area contributed by atoms with E-state index in [4.69, 9.17) is 11.6 Å². The van der Waals surface area contributed by atoms with Gasteiger partial charge in [0.15, 0.2) is 0 Å². The number of nitrogens with one attached hydrogen (secondary N) is 3. The first-order valence-corrected chi connectivity index (χ1v) is 8.84. The van der Waals surface area contributed by atoms with Gasteiger partial charge in [-0.05, 0) is 55.5 Å². The summed E-state index contributed by atoms with van der Waals surface area (Å²) in [6, 6.07) is 15.6. The number of nitrogens with zero attached hydrogens (tertiary/aromatic N) is 2. The zero-order valence-electron chi connectivity index (χ0n) is 15.3. The quantitative estimate of drug-likeness (QED) is 0.595. The van der Waals surface area contributed by atoms with Crippen LogP contribution in [0, 0.1) is 6.92 Å². The molecule has 0 bridgehead atoms. The molecule has 142 valence electrons. The zero-order chi connectivity index (χ0) is 20.1. The number of carbonyl (C=O) groups excluding carboxylic acids is 2. The molecule has 0 fully saturated rings. The van der Waals surface area contributed by atoms with E-state index in [0.717, 1.165) is 5.69 Å². The average molecular weight is 396 g/mol. The SMILES string of the molecule is CC(=O)Nc1ccc(Nc2nc(C)cc(C(=O)Nc3cccc(Cl)c3)n2)cc1. The van der Waals surface area contributed by atoms with Crippen molar-refractivity contribution in [2.75, 3.05) is 16.0 Å². The molecular formula is C20H18ClN5O2. The fourth-order valence-electron chi connectivity index (χ4n) is 2.47. The van der Waals surface area contributed by atoms with Gasteiger partial charge in [-0.25, -0.2) is 9.97 Å². The van der Waals surface area contributed by atoms with Gasteiger partial charge < -0.3 is 16.0 Å². The summed E-state index contributed by atoms with van der Waals surface area (Å²) in [7, 11) is 0. The summed E-state index contributed by atoms with van der Waals surface area (Å²) in [5, 5.41) is 9.04. The molecule has 0 spiro atoms. The minimum absolute atomic E-state index is 0.141. The monoisotopic (exact) mass is 395 g/mol. The molecule has 28 heavy (non-hydrogen) atoms. The molecule has 2 aromatic carbocycles. The van der Waals surface area contributed by atoms with E-state index < -0.39 is 0 Å². The lowest BCUT2D eigenvalue weighted by atomic mass is 10.2. The summed E-state index contributed by atoms with van der Waals surface area (Å²) in [5.74, 6) is -0.210. The van der Waals surface area contributed by atoms with Crippen LogP contribution in [-0.2, 0) is 4.79 Å². The normalized spacial score (nSPS) is 10.2. The smallest absolute Gasteiger partial charge is 0.274 e. The lowest BCUT2D eigenvalue weighted by Crippen LogP contribution is -2.15. The van der Waals surface area contributed by atoms with Crippen molar-refractivity contribution in [3.05, 3.63) is 71.0 Å². The molecule has 3 rings (SSSR count). The fraction of sp³-hybridized carbons (Fsp3) is 0.100. The van der Waals surface area contributed by atoms with Crippen LogP contribution >= 0.6 is 11.6 Å². The van der Waals surface area contributed by atoms with Crippen molar-refractivity contribution in [1.29, 1.82) is 0 Å². The Labute approximate surface area is 167 Å².